The topological polar surface area (TPSA) is 0 Å². The third-order valence-electron chi connectivity index (χ3n) is 3.78. The van der Waals surface area contributed by atoms with Crippen molar-refractivity contribution in [3.63, 3.8) is 0 Å². The summed E-state index contributed by atoms with van der Waals surface area (Å²) in [6.45, 7) is 3.99. The zero-order valence-electron chi connectivity index (χ0n) is 10.6. The van der Waals surface area contributed by atoms with E-state index in [9.17, 15) is 4.39 Å². The van der Waals surface area contributed by atoms with Crippen LogP contribution in [0.2, 0.25) is 0 Å². The van der Waals surface area contributed by atoms with E-state index in [0.29, 0.717) is 10.7 Å². The maximum atomic E-state index is 14.2. The molecule has 1 aromatic rings. The summed E-state index contributed by atoms with van der Waals surface area (Å²) in [5.41, 5.74) is 3.07. The van der Waals surface area contributed by atoms with Gasteiger partial charge in [-0.2, -0.15) is 0 Å². The SMILES string of the molecule is Cc1cc(C)c(C2CCCCCC2Br)c(F)c1. The van der Waals surface area contributed by atoms with Gasteiger partial charge in [0.05, 0.1) is 0 Å². The summed E-state index contributed by atoms with van der Waals surface area (Å²) in [5, 5.41) is 0. The first-order valence-electron chi connectivity index (χ1n) is 6.50. The van der Waals surface area contributed by atoms with E-state index in [2.05, 4.69) is 22.0 Å². The summed E-state index contributed by atoms with van der Waals surface area (Å²) in [5.74, 6) is 0.331. The van der Waals surface area contributed by atoms with Crippen molar-refractivity contribution in [1.82, 2.24) is 0 Å². The molecule has 0 spiro atoms. The zero-order valence-corrected chi connectivity index (χ0v) is 12.2. The molecule has 2 atom stereocenters. The lowest BCUT2D eigenvalue weighted by Crippen LogP contribution is -2.14. The van der Waals surface area contributed by atoms with Gasteiger partial charge in [0.25, 0.3) is 0 Å². The number of aryl methyl sites for hydroxylation is 2. The fraction of sp³-hybridized carbons (Fsp3) is 0.600. The summed E-state index contributed by atoms with van der Waals surface area (Å²) in [6.07, 6.45) is 6.04. The highest BCUT2D eigenvalue weighted by Gasteiger charge is 2.26. The monoisotopic (exact) mass is 298 g/mol. The van der Waals surface area contributed by atoms with E-state index in [-0.39, 0.29) is 5.82 Å². The van der Waals surface area contributed by atoms with E-state index in [0.717, 1.165) is 29.5 Å². The van der Waals surface area contributed by atoms with Gasteiger partial charge in [-0.3, -0.25) is 0 Å². The Kier molecular flexibility index (Phi) is 4.24. The highest BCUT2D eigenvalue weighted by molar-refractivity contribution is 9.09. The third-order valence-corrected chi connectivity index (χ3v) is 4.88. The molecule has 0 nitrogen and oxygen atoms in total. The summed E-state index contributed by atoms with van der Waals surface area (Å²) >= 11 is 3.76. The summed E-state index contributed by atoms with van der Waals surface area (Å²) in [7, 11) is 0. The molecule has 1 fully saturated rings. The van der Waals surface area contributed by atoms with E-state index in [4.69, 9.17) is 0 Å². The molecule has 0 radical (unpaired) electrons. The molecular formula is C15H20BrF. The molecule has 0 N–H and O–H groups in total. The fourth-order valence-electron chi connectivity index (χ4n) is 2.98. The van der Waals surface area contributed by atoms with Crippen molar-refractivity contribution in [3.8, 4) is 0 Å². The van der Waals surface area contributed by atoms with Gasteiger partial charge in [-0.15, -0.1) is 0 Å². The summed E-state index contributed by atoms with van der Waals surface area (Å²) in [6, 6.07) is 3.77. The average Bonchev–Trinajstić information content (AvgIpc) is 2.43. The lowest BCUT2D eigenvalue weighted by atomic mass is 9.87. The van der Waals surface area contributed by atoms with Crippen LogP contribution in [0.5, 0.6) is 0 Å². The lowest BCUT2D eigenvalue weighted by Gasteiger charge is -2.23. The zero-order chi connectivity index (χ0) is 12.4. The number of alkyl halides is 1. The van der Waals surface area contributed by atoms with Gasteiger partial charge in [0.1, 0.15) is 5.82 Å². The Labute approximate surface area is 112 Å². The molecule has 1 aliphatic carbocycles. The van der Waals surface area contributed by atoms with Gasteiger partial charge in [-0.25, -0.2) is 4.39 Å². The second-order valence-corrected chi connectivity index (χ2v) is 6.41. The molecule has 2 unspecified atom stereocenters. The fourth-order valence-corrected chi connectivity index (χ4v) is 3.84. The average molecular weight is 299 g/mol. The standard InChI is InChI=1S/C15H20BrF/c1-10-8-11(2)15(14(17)9-10)12-6-4-3-5-7-13(12)16/h8-9,12-13H,3-7H2,1-2H3. The Morgan fingerprint density at radius 3 is 2.53 bits per heavy atom. The van der Waals surface area contributed by atoms with Crippen LogP contribution < -0.4 is 0 Å². The molecule has 2 heteroatoms. The normalized spacial score (nSPS) is 25.6. The second kappa shape index (κ2) is 5.51. The Morgan fingerprint density at radius 1 is 1.12 bits per heavy atom. The molecule has 0 aromatic heterocycles. The van der Waals surface area contributed by atoms with Crippen molar-refractivity contribution in [1.29, 1.82) is 0 Å². The Morgan fingerprint density at radius 2 is 1.82 bits per heavy atom. The molecule has 17 heavy (non-hydrogen) atoms. The predicted molar refractivity (Wildman–Crippen MR) is 74.4 cm³/mol. The molecule has 2 rings (SSSR count). The quantitative estimate of drug-likeness (QED) is 0.490. The number of hydrogen-bond donors (Lipinski definition) is 0. The van der Waals surface area contributed by atoms with Crippen molar-refractivity contribution in [2.45, 2.75) is 56.7 Å². The molecule has 0 saturated heterocycles. The van der Waals surface area contributed by atoms with Gasteiger partial charge in [0.2, 0.25) is 0 Å². The van der Waals surface area contributed by atoms with Gasteiger partial charge < -0.3 is 0 Å². The van der Waals surface area contributed by atoms with E-state index >= 15 is 0 Å². The van der Waals surface area contributed by atoms with E-state index in [1.54, 1.807) is 6.07 Å². The first-order chi connectivity index (χ1) is 8.09. The minimum Gasteiger partial charge on any atom is -0.207 e. The molecule has 1 aromatic carbocycles. The summed E-state index contributed by atoms with van der Waals surface area (Å²) in [4.78, 5) is 0.431. The van der Waals surface area contributed by atoms with Gasteiger partial charge in [0.15, 0.2) is 0 Å². The molecule has 1 aliphatic rings. The Balaban J connectivity index is 2.37. The summed E-state index contributed by atoms with van der Waals surface area (Å²) < 4.78 is 14.2. The second-order valence-electron chi connectivity index (χ2n) is 5.24. The van der Waals surface area contributed by atoms with Crippen LogP contribution in [0, 0.1) is 19.7 Å². The van der Waals surface area contributed by atoms with Gasteiger partial charge in [0, 0.05) is 4.83 Å². The molecule has 0 aliphatic heterocycles. The van der Waals surface area contributed by atoms with Crippen LogP contribution in [-0.4, -0.2) is 4.83 Å². The Bertz CT molecular complexity index is 377. The van der Waals surface area contributed by atoms with Crippen LogP contribution >= 0.6 is 15.9 Å². The van der Waals surface area contributed by atoms with Crippen molar-refractivity contribution in [3.05, 3.63) is 34.6 Å². The number of benzene rings is 1. The number of hydrogen-bond acceptors (Lipinski definition) is 0. The van der Waals surface area contributed by atoms with Crippen LogP contribution in [0.1, 0.15) is 54.7 Å². The molecule has 1 saturated carbocycles. The maximum Gasteiger partial charge on any atom is 0.127 e. The molecule has 0 bridgehead atoms. The van der Waals surface area contributed by atoms with E-state index in [1.165, 1.54) is 19.3 Å². The maximum absolute atomic E-state index is 14.2. The van der Waals surface area contributed by atoms with Gasteiger partial charge in [-0.05, 0) is 55.4 Å². The van der Waals surface area contributed by atoms with Crippen molar-refractivity contribution < 1.29 is 4.39 Å². The number of halogens is 2. The van der Waals surface area contributed by atoms with Crippen LogP contribution in [0.4, 0.5) is 4.39 Å². The molecule has 0 amide bonds. The molecule has 94 valence electrons. The van der Waals surface area contributed by atoms with Crippen molar-refractivity contribution in [2.24, 2.45) is 0 Å². The minimum absolute atomic E-state index is 0.0150. The van der Waals surface area contributed by atoms with Crippen molar-refractivity contribution >= 4 is 15.9 Å². The minimum atomic E-state index is -0.0150. The molecular weight excluding hydrogens is 279 g/mol. The van der Waals surface area contributed by atoms with Gasteiger partial charge in [-0.1, -0.05) is 41.3 Å². The Hall–Kier alpha value is -0.370. The molecule has 0 heterocycles. The highest BCUT2D eigenvalue weighted by Crippen LogP contribution is 2.39. The van der Waals surface area contributed by atoms with Gasteiger partial charge >= 0.3 is 0 Å². The first kappa shape index (κ1) is 13.1. The van der Waals surface area contributed by atoms with Crippen LogP contribution in [0.25, 0.3) is 0 Å². The first-order valence-corrected chi connectivity index (χ1v) is 7.42. The third kappa shape index (κ3) is 2.90. The van der Waals surface area contributed by atoms with Crippen molar-refractivity contribution in [2.75, 3.05) is 0 Å². The smallest absolute Gasteiger partial charge is 0.127 e. The largest absolute Gasteiger partial charge is 0.207 e. The van der Waals surface area contributed by atoms with Crippen LogP contribution in [-0.2, 0) is 0 Å². The van der Waals surface area contributed by atoms with Crippen LogP contribution in [0.3, 0.4) is 0 Å². The lowest BCUT2D eigenvalue weighted by molar-refractivity contribution is 0.544. The highest BCUT2D eigenvalue weighted by atomic mass is 79.9. The van der Waals surface area contributed by atoms with E-state index in [1.807, 2.05) is 13.8 Å². The number of rotatable bonds is 1. The van der Waals surface area contributed by atoms with E-state index < -0.39 is 0 Å². The van der Waals surface area contributed by atoms with Crippen LogP contribution in [0.15, 0.2) is 12.1 Å². The predicted octanol–water partition coefficient (Wildman–Crippen LogP) is 5.25.